The standard InChI is InChI=1S/C40H24N2O/c1-2-10-25(11-3-1)28-16-8-18-34-35-19-9-17-29(40(35)43-39(28)34)26-20-22-27(23-21-26)36-24-41-37-32-14-6-4-12-30(32)31-13-5-7-15-33(31)38(37)42-36/h1-24H. The van der Waals surface area contributed by atoms with E-state index in [2.05, 4.69) is 133 Å². The molecule has 0 atom stereocenters. The molecule has 0 saturated heterocycles. The number of hydrogen-bond donors (Lipinski definition) is 0. The predicted octanol–water partition coefficient (Wildman–Crippen LogP) is 10.8. The number of nitrogens with zero attached hydrogens (tertiary/aromatic N) is 2. The van der Waals surface area contributed by atoms with Gasteiger partial charge in [-0.1, -0.05) is 140 Å². The Hall–Kier alpha value is -5.80. The number of hydrogen-bond acceptors (Lipinski definition) is 3. The Morgan fingerprint density at radius 2 is 0.860 bits per heavy atom. The fraction of sp³-hybridized carbons (Fsp3) is 0. The monoisotopic (exact) mass is 548 g/mol. The van der Waals surface area contributed by atoms with E-state index in [1.54, 1.807) is 0 Å². The molecule has 3 nitrogen and oxygen atoms in total. The maximum atomic E-state index is 6.64. The van der Waals surface area contributed by atoms with Crippen LogP contribution in [-0.4, -0.2) is 9.97 Å². The van der Waals surface area contributed by atoms with Crippen LogP contribution in [0.4, 0.5) is 0 Å². The molecule has 3 heteroatoms. The maximum Gasteiger partial charge on any atom is 0.143 e. The Morgan fingerprint density at radius 1 is 0.372 bits per heavy atom. The summed E-state index contributed by atoms with van der Waals surface area (Å²) in [5.74, 6) is 0. The molecule has 0 bridgehead atoms. The summed E-state index contributed by atoms with van der Waals surface area (Å²) in [6.07, 6.45) is 1.89. The van der Waals surface area contributed by atoms with Crippen molar-refractivity contribution in [3.63, 3.8) is 0 Å². The highest BCUT2D eigenvalue weighted by Crippen LogP contribution is 2.40. The Balaban J connectivity index is 1.17. The SMILES string of the molecule is c1ccc(-c2cccc3c2oc2c(-c4ccc(-c5cnc6c7ccccc7c7ccccc7c6n5)cc4)cccc23)cc1. The summed E-state index contributed by atoms with van der Waals surface area (Å²) in [5.41, 5.74) is 9.98. The molecule has 0 fully saturated rings. The number of benzene rings is 7. The summed E-state index contributed by atoms with van der Waals surface area (Å²) in [6.45, 7) is 0. The molecule has 9 rings (SSSR count). The van der Waals surface area contributed by atoms with E-state index in [1.807, 2.05) is 12.3 Å². The molecule has 43 heavy (non-hydrogen) atoms. The van der Waals surface area contributed by atoms with E-state index in [9.17, 15) is 0 Å². The van der Waals surface area contributed by atoms with Gasteiger partial charge < -0.3 is 4.42 Å². The van der Waals surface area contributed by atoms with Crippen LogP contribution in [0.3, 0.4) is 0 Å². The lowest BCUT2D eigenvalue weighted by Crippen LogP contribution is -1.92. The molecule has 0 N–H and O–H groups in total. The first kappa shape index (κ1) is 23.9. The van der Waals surface area contributed by atoms with Crippen LogP contribution in [0.15, 0.2) is 150 Å². The molecule has 0 aliphatic rings. The number of para-hydroxylation sites is 2. The summed E-state index contributed by atoms with van der Waals surface area (Å²) in [6, 6.07) is 48.7. The quantitative estimate of drug-likeness (QED) is 0.206. The van der Waals surface area contributed by atoms with Gasteiger partial charge in [0.15, 0.2) is 0 Å². The minimum Gasteiger partial charge on any atom is -0.455 e. The van der Waals surface area contributed by atoms with Crippen LogP contribution in [-0.2, 0) is 0 Å². The summed E-state index contributed by atoms with van der Waals surface area (Å²) in [4.78, 5) is 10.1. The van der Waals surface area contributed by atoms with Gasteiger partial charge in [-0.15, -0.1) is 0 Å². The van der Waals surface area contributed by atoms with E-state index < -0.39 is 0 Å². The Morgan fingerprint density at radius 3 is 1.49 bits per heavy atom. The van der Waals surface area contributed by atoms with Crippen LogP contribution < -0.4 is 0 Å². The highest BCUT2D eigenvalue weighted by molar-refractivity contribution is 6.23. The minimum atomic E-state index is 0.855. The summed E-state index contributed by atoms with van der Waals surface area (Å²) >= 11 is 0. The Kier molecular flexibility index (Phi) is 5.20. The van der Waals surface area contributed by atoms with Gasteiger partial charge in [0, 0.05) is 38.2 Å². The summed E-state index contributed by atoms with van der Waals surface area (Å²) in [5, 5.41) is 6.89. The van der Waals surface area contributed by atoms with Gasteiger partial charge in [0.05, 0.1) is 22.9 Å². The molecule has 2 aromatic heterocycles. The van der Waals surface area contributed by atoms with Crippen LogP contribution in [0.1, 0.15) is 0 Å². The third-order valence-corrected chi connectivity index (χ3v) is 8.53. The highest BCUT2D eigenvalue weighted by Gasteiger charge is 2.16. The van der Waals surface area contributed by atoms with Gasteiger partial charge in [-0.3, -0.25) is 4.98 Å². The molecule has 0 radical (unpaired) electrons. The molecule has 2 heterocycles. The zero-order valence-electron chi connectivity index (χ0n) is 23.2. The molecule has 0 saturated carbocycles. The van der Waals surface area contributed by atoms with E-state index in [1.165, 1.54) is 10.8 Å². The normalized spacial score (nSPS) is 11.7. The summed E-state index contributed by atoms with van der Waals surface area (Å²) in [7, 11) is 0. The van der Waals surface area contributed by atoms with E-state index >= 15 is 0 Å². The first-order chi connectivity index (χ1) is 21.3. The van der Waals surface area contributed by atoms with Gasteiger partial charge in [0.25, 0.3) is 0 Å². The van der Waals surface area contributed by atoms with Crippen molar-refractivity contribution in [2.45, 2.75) is 0 Å². The molecule has 0 aliphatic heterocycles. The Bertz CT molecular complexity index is 2460. The van der Waals surface area contributed by atoms with Crippen molar-refractivity contribution in [1.82, 2.24) is 9.97 Å². The smallest absolute Gasteiger partial charge is 0.143 e. The van der Waals surface area contributed by atoms with Crippen LogP contribution in [0.25, 0.3) is 88.0 Å². The molecular formula is C40H24N2O. The second-order valence-corrected chi connectivity index (χ2v) is 11.0. The molecule has 200 valence electrons. The lowest BCUT2D eigenvalue weighted by molar-refractivity contribution is 0.671. The molecular weight excluding hydrogens is 524 g/mol. The van der Waals surface area contributed by atoms with E-state index in [0.717, 1.165) is 77.3 Å². The second kappa shape index (κ2) is 9.37. The van der Waals surface area contributed by atoms with Crippen molar-refractivity contribution in [3.05, 3.63) is 146 Å². The molecule has 9 aromatic rings. The minimum absolute atomic E-state index is 0.855. The average molecular weight is 549 g/mol. The number of rotatable bonds is 3. The maximum absolute atomic E-state index is 6.64. The fourth-order valence-corrected chi connectivity index (χ4v) is 6.48. The van der Waals surface area contributed by atoms with Crippen molar-refractivity contribution in [1.29, 1.82) is 0 Å². The van der Waals surface area contributed by atoms with Gasteiger partial charge in [-0.25, -0.2) is 4.98 Å². The van der Waals surface area contributed by atoms with Crippen LogP contribution >= 0.6 is 0 Å². The molecule has 7 aromatic carbocycles. The second-order valence-electron chi connectivity index (χ2n) is 11.0. The first-order valence-electron chi connectivity index (χ1n) is 14.5. The molecule has 0 amide bonds. The number of aromatic nitrogens is 2. The van der Waals surface area contributed by atoms with Crippen molar-refractivity contribution < 1.29 is 4.42 Å². The molecule has 0 aliphatic carbocycles. The largest absolute Gasteiger partial charge is 0.455 e. The fourth-order valence-electron chi connectivity index (χ4n) is 6.48. The highest BCUT2D eigenvalue weighted by atomic mass is 16.3. The van der Waals surface area contributed by atoms with Crippen molar-refractivity contribution in [2.24, 2.45) is 0 Å². The van der Waals surface area contributed by atoms with E-state index in [4.69, 9.17) is 14.4 Å². The molecule has 0 unspecified atom stereocenters. The number of furan rings is 1. The zero-order valence-corrected chi connectivity index (χ0v) is 23.2. The van der Waals surface area contributed by atoms with Gasteiger partial charge in [-0.05, 0) is 21.9 Å². The first-order valence-corrected chi connectivity index (χ1v) is 14.5. The third kappa shape index (κ3) is 3.68. The van der Waals surface area contributed by atoms with E-state index in [-0.39, 0.29) is 0 Å². The van der Waals surface area contributed by atoms with E-state index in [0.29, 0.717) is 0 Å². The predicted molar refractivity (Wildman–Crippen MR) is 178 cm³/mol. The average Bonchev–Trinajstić information content (AvgIpc) is 3.48. The van der Waals surface area contributed by atoms with Gasteiger partial charge in [0.2, 0.25) is 0 Å². The van der Waals surface area contributed by atoms with Crippen molar-refractivity contribution in [3.8, 4) is 33.5 Å². The van der Waals surface area contributed by atoms with Crippen LogP contribution in [0, 0.1) is 0 Å². The summed E-state index contributed by atoms with van der Waals surface area (Å²) < 4.78 is 6.64. The third-order valence-electron chi connectivity index (χ3n) is 8.53. The van der Waals surface area contributed by atoms with Gasteiger partial charge in [-0.2, -0.15) is 0 Å². The lowest BCUT2D eigenvalue weighted by atomic mass is 9.98. The van der Waals surface area contributed by atoms with Gasteiger partial charge >= 0.3 is 0 Å². The topological polar surface area (TPSA) is 38.9 Å². The number of fused-ring (bicyclic) bond motifs is 9. The molecule has 0 spiro atoms. The van der Waals surface area contributed by atoms with Crippen LogP contribution in [0.2, 0.25) is 0 Å². The van der Waals surface area contributed by atoms with Crippen molar-refractivity contribution >= 4 is 54.5 Å². The lowest BCUT2D eigenvalue weighted by Gasteiger charge is -2.10. The Labute approximate surface area is 247 Å². The van der Waals surface area contributed by atoms with Crippen LogP contribution in [0.5, 0.6) is 0 Å². The van der Waals surface area contributed by atoms with Crippen molar-refractivity contribution in [2.75, 3.05) is 0 Å². The van der Waals surface area contributed by atoms with Gasteiger partial charge in [0.1, 0.15) is 11.2 Å². The zero-order chi connectivity index (χ0) is 28.3.